The van der Waals surface area contributed by atoms with Crippen molar-refractivity contribution in [1.82, 2.24) is 30.7 Å². The molecule has 0 aromatic rings. The van der Waals surface area contributed by atoms with Crippen molar-refractivity contribution in [1.29, 1.82) is 0 Å². The highest BCUT2D eigenvalue weighted by atomic mass is 19.1. The van der Waals surface area contributed by atoms with Gasteiger partial charge in [-0.25, -0.2) is 8.78 Å². The number of nitrogens with zero attached hydrogens (tertiary/aromatic N) is 4. The number of hydrogen-bond acceptors (Lipinski definition) is 8. The van der Waals surface area contributed by atoms with Gasteiger partial charge in [-0.2, -0.15) is 0 Å². The number of carbonyl (C=O) groups excluding carboxylic acids is 2. The van der Waals surface area contributed by atoms with Gasteiger partial charge < -0.3 is 31.5 Å². The van der Waals surface area contributed by atoms with E-state index in [1.165, 1.54) is 19.1 Å². The minimum Gasteiger partial charge on any atom is -0.373 e. The minimum absolute atomic E-state index is 0.0611. The largest absolute Gasteiger partial charge is 0.373 e. The maximum Gasteiger partial charge on any atom is 0.228 e. The lowest BCUT2D eigenvalue weighted by Gasteiger charge is -2.53. The van der Waals surface area contributed by atoms with Crippen LogP contribution in [-0.4, -0.2) is 127 Å². The van der Waals surface area contributed by atoms with Gasteiger partial charge in [0.2, 0.25) is 11.8 Å². The third kappa shape index (κ3) is 8.81. The van der Waals surface area contributed by atoms with E-state index in [4.69, 9.17) is 5.73 Å². The highest BCUT2D eigenvalue weighted by Gasteiger charge is 2.53. The third-order valence-corrected chi connectivity index (χ3v) is 13.3. The maximum atomic E-state index is 16.6. The van der Waals surface area contributed by atoms with Crippen molar-refractivity contribution in [3.63, 3.8) is 0 Å². The molecule has 12 heteroatoms. The van der Waals surface area contributed by atoms with Crippen LogP contribution in [0.1, 0.15) is 104 Å². The second-order valence-corrected chi connectivity index (χ2v) is 16.5. The Morgan fingerprint density at radius 1 is 1.00 bits per heavy atom. The van der Waals surface area contributed by atoms with E-state index in [-0.39, 0.29) is 36.7 Å². The normalized spacial score (nSPS) is 38.9. The molecule has 51 heavy (non-hydrogen) atoms. The van der Waals surface area contributed by atoms with Crippen molar-refractivity contribution in [2.45, 2.75) is 146 Å². The monoisotopic (exact) mass is 717 g/mol. The summed E-state index contributed by atoms with van der Waals surface area (Å²) in [4.78, 5) is 39.7. The van der Waals surface area contributed by atoms with E-state index >= 15 is 8.78 Å². The number of allylic oxidation sites excluding steroid dienone is 2. The fourth-order valence-electron chi connectivity index (χ4n) is 10.2. The molecule has 6 aliphatic heterocycles. The van der Waals surface area contributed by atoms with Gasteiger partial charge in [0.25, 0.3) is 0 Å². The number of hydrogen-bond donors (Lipinski definition) is 4. The number of aliphatic imine (C=N–C) groups is 1. The summed E-state index contributed by atoms with van der Waals surface area (Å²) in [6, 6.07) is -0.645. The maximum absolute atomic E-state index is 16.6. The molecule has 7 rings (SSSR count). The molecule has 0 aromatic carbocycles. The first kappa shape index (κ1) is 38.6. The standard InChI is InChI=1S/C39H66F2N8O2/c1-3-4-17-39(48-20-13-29(14-21-48)38(51)49-23-22-47-18-15-31(49)16-19-47)33(41)25-43-26-34(39)46-37(50)35-27(2)44-24-30(40)11-12-32(45-36(35)42)28-9-7-5-6-8-10-28/h12,25,27-31,33-36,44-45H,3-11,13-24,26,42H2,1-2H3,(H,46,50)/b32-12-. The second kappa shape index (κ2) is 17.8. The Hall–Kier alpha value is -2.15. The summed E-state index contributed by atoms with van der Waals surface area (Å²) in [5, 5.41) is 10.1. The molecule has 2 bridgehead atoms. The summed E-state index contributed by atoms with van der Waals surface area (Å²) in [5.74, 6) is -0.501. The van der Waals surface area contributed by atoms with Gasteiger partial charge >= 0.3 is 0 Å². The quantitative estimate of drug-likeness (QED) is 0.282. The summed E-state index contributed by atoms with van der Waals surface area (Å²) in [7, 11) is 0. The highest BCUT2D eigenvalue weighted by Crippen LogP contribution is 2.38. The lowest BCUT2D eigenvalue weighted by atomic mass is 9.75. The molecule has 0 radical (unpaired) electrons. The Bertz CT molecular complexity index is 1210. The molecule has 5 N–H and O–H groups in total. The van der Waals surface area contributed by atoms with E-state index < -0.39 is 42.0 Å². The summed E-state index contributed by atoms with van der Waals surface area (Å²) >= 11 is 0. The Kier molecular flexibility index (Phi) is 13.4. The van der Waals surface area contributed by atoms with Crippen LogP contribution in [0.15, 0.2) is 16.8 Å². The van der Waals surface area contributed by atoms with E-state index in [2.05, 4.69) is 42.6 Å². The zero-order chi connectivity index (χ0) is 36.0. The Labute approximate surface area is 305 Å². The SMILES string of the molecule is CCCCC1(N2CCC(C(=O)N3CCN4CCC3CC4)CC2)C(F)C=NCC1NC(=O)C1C(C)NCC(F)C/C=C(/C2CCCCCC2)NC1N. The fraction of sp³-hybridized carbons (Fsp3) is 0.872. The molecule has 5 fully saturated rings. The molecule has 2 amide bonds. The first-order valence-electron chi connectivity index (χ1n) is 20.5. The third-order valence-electron chi connectivity index (χ3n) is 13.3. The van der Waals surface area contributed by atoms with E-state index in [0.717, 1.165) is 83.2 Å². The van der Waals surface area contributed by atoms with Gasteiger partial charge in [-0.05, 0) is 77.3 Å². The number of piperidine rings is 2. The predicted molar refractivity (Wildman–Crippen MR) is 199 cm³/mol. The summed E-state index contributed by atoms with van der Waals surface area (Å²) in [5.41, 5.74) is 6.88. The number of alkyl halides is 2. The summed E-state index contributed by atoms with van der Waals surface area (Å²) in [6.07, 6.45) is 13.1. The number of amides is 2. The predicted octanol–water partition coefficient (Wildman–Crippen LogP) is 3.91. The van der Waals surface area contributed by atoms with Crippen LogP contribution in [0.5, 0.6) is 0 Å². The van der Waals surface area contributed by atoms with Gasteiger partial charge in [0.1, 0.15) is 6.17 Å². The highest BCUT2D eigenvalue weighted by molar-refractivity contribution is 5.81. The minimum atomic E-state index is -1.37. The number of nitrogens with two attached hydrogens (primary N) is 1. The molecule has 7 unspecified atom stereocenters. The molecule has 10 nitrogen and oxygen atoms in total. The average molecular weight is 717 g/mol. The Morgan fingerprint density at radius 2 is 1.73 bits per heavy atom. The van der Waals surface area contributed by atoms with Crippen LogP contribution in [0.3, 0.4) is 0 Å². The number of fused-ring (bicyclic) bond motifs is 4. The molecule has 1 aliphatic carbocycles. The van der Waals surface area contributed by atoms with Crippen LogP contribution in [0, 0.1) is 17.8 Å². The second-order valence-electron chi connectivity index (χ2n) is 16.5. The van der Waals surface area contributed by atoms with Crippen molar-refractivity contribution in [3.05, 3.63) is 11.8 Å². The molecule has 288 valence electrons. The average Bonchev–Trinajstić information content (AvgIpc) is 3.61. The van der Waals surface area contributed by atoms with Gasteiger partial charge in [-0.1, -0.05) is 51.5 Å². The van der Waals surface area contributed by atoms with Crippen LogP contribution < -0.4 is 21.7 Å². The van der Waals surface area contributed by atoms with E-state index in [0.29, 0.717) is 44.8 Å². The summed E-state index contributed by atoms with van der Waals surface area (Å²) in [6.45, 7) is 9.51. The number of halogens is 2. The van der Waals surface area contributed by atoms with Gasteiger partial charge in [-0.15, -0.1) is 0 Å². The molecule has 7 aliphatic rings. The van der Waals surface area contributed by atoms with Crippen LogP contribution in [0.2, 0.25) is 0 Å². The number of rotatable bonds is 8. The fourth-order valence-corrected chi connectivity index (χ4v) is 10.2. The smallest absolute Gasteiger partial charge is 0.228 e. The van der Waals surface area contributed by atoms with Crippen molar-refractivity contribution >= 4 is 18.0 Å². The van der Waals surface area contributed by atoms with Gasteiger partial charge in [0.15, 0.2) is 6.17 Å². The van der Waals surface area contributed by atoms with Gasteiger partial charge in [0, 0.05) is 62.6 Å². The Morgan fingerprint density at radius 3 is 2.43 bits per heavy atom. The molecule has 6 heterocycles. The molecule has 1 saturated carbocycles. The number of unbranched alkanes of at least 4 members (excludes halogenated alkanes) is 1. The summed E-state index contributed by atoms with van der Waals surface area (Å²) < 4.78 is 31.7. The van der Waals surface area contributed by atoms with Gasteiger partial charge in [-0.3, -0.25) is 19.5 Å². The molecule has 7 atom stereocenters. The number of carbonyl (C=O) groups is 2. The van der Waals surface area contributed by atoms with E-state index in [1.807, 2.05) is 13.0 Å². The van der Waals surface area contributed by atoms with Crippen molar-refractivity contribution in [2.24, 2.45) is 28.5 Å². The van der Waals surface area contributed by atoms with Crippen LogP contribution >= 0.6 is 0 Å². The Balaban J connectivity index is 1.19. The van der Waals surface area contributed by atoms with Crippen molar-refractivity contribution in [2.75, 3.05) is 52.4 Å². The first-order valence-corrected chi connectivity index (χ1v) is 20.5. The first-order chi connectivity index (χ1) is 24.7. The molecular formula is C39H66F2N8O2. The van der Waals surface area contributed by atoms with E-state index in [9.17, 15) is 9.59 Å². The molecule has 0 aromatic heterocycles. The van der Waals surface area contributed by atoms with E-state index in [1.54, 1.807) is 0 Å². The lowest BCUT2D eigenvalue weighted by Crippen LogP contribution is -2.72. The zero-order valence-corrected chi connectivity index (χ0v) is 31.3. The molecular weight excluding hydrogens is 650 g/mol. The lowest BCUT2D eigenvalue weighted by molar-refractivity contribution is -0.140. The van der Waals surface area contributed by atoms with Gasteiger partial charge in [0.05, 0.1) is 30.2 Å². The van der Waals surface area contributed by atoms with Crippen molar-refractivity contribution in [3.8, 4) is 0 Å². The zero-order valence-electron chi connectivity index (χ0n) is 31.3. The van der Waals surface area contributed by atoms with Crippen LogP contribution in [0.25, 0.3) is 0 Å². The number of nitrogens with one attached hydrogen (secondary N) is 3. The topological polar surface area (TPSA) is 118 Å². The van der Waals surface area contributed by atoms with Crippen LogP contribution in [0.4, 0.5) is 8.78 Å². The number of likely N-dealkylation sites (tertiary alicyclic amines) is 1. The molecule has 0 spiro atoms. The molecule has 4 saturated heterocycles. The van der Waals surface area contributed by atoms with Crippen molar-refractivity contribution < 1.29 is 18.4 Å². The van der Waals surface area contributed by atoms with Crippen LogP contribution in [-0.2, 0) is 9.59 Å².